The summed E-state index contributed by atoms with van der Waals surface area (Å²) >= 11 is 0. The molecule has 0 aliphatic rings. The summed E-state index contributed by atoms with van der Waals surface area (Å²) in [6.07, 6.45) is 1.83. The van der Waals surface area contributed by atoms with Crippen LogP contribution in [0.1, 0.15) is 35.7 Å². The summed E-state index contributed by atoms with van der Waals surface area (Å²) in [5.41, 5.74) is 1.16. The molecule has 0 aliphatic carbocycles. The largest absolute Gasteiger partial charge is 0.495 e. The van der Waals surface area contributed by atoms with Gasteiger partial charge in [0.05, 0.1) is 7.11 Å². The van der Waals surface area contributed by atoms with Gasteiger partial charge in [-0.05, 0) is 30.2 Å². The van der Waals surface area contributed by atoms with Crippen molar-refractivity contribution >= 4 is 15.9 Å². The van der Waals surface area contributed by atoms with Crippen LogP contribution in [0.4, 0.5) is 0 Å². The molecule has 27 heavy (non-hydrogen) atoms. The Morgan fingerprint density at radius 3 is 2.48 bits per heavy atom. The summed E-state index contributed by atoms with van der Waals surface area (Å²) in [6.45, 7) is 2.81. The number of amides is 1. The smallest absolute Gasteiger partial charge is 0.251 e. The predicted molar refractivity (Wildman–Crippen MR) is 105 cm³/mol. The lowest BCUT2D eigenvalue weighted by Crippen LogP contribution is -2.28. The number of methoxy groups -OCH3 is 1. The first-order valence-corrected chi connectivity index (χ1v) is 10.3. The summed E-state index contributed by atoms with van der Waals surface area (Å²) in [6, 6.07) is 13.8. The molecular formula is C20H26N2O4S. The van der Waals surface area contributed by atoms with Crippen LogP contribution in [0.3, 0.4) is 0 Å². The van der Waals surface area contributed by atoms with Crippen LogP contribution in [0.25, 0.3) is 0 Å². The van der Waals surface area contributed by atoms with E-state index in [4.69, 9.17) is 4.74 Å². The normalized spacial score (nSPS) is 11.4. The number of benzene rings is 2. The third-order valence-electron chi connectivity index (χ3n) is 4.18. The summed E-state index contributed by atoms with van der Waals surface area (Å²) < 4.78 is 32.6. The van der Waals surface area contributed by atoms with E-state index in [2.05, 4.69) is 5.32 Å². The van der Waals surface area contributed by atoms with Gasteiger partial charge in [-0.2, -0.15) is 4.31 Å². The molecule has 2 aromatic rings. The molecule has 1 N–H and O–H groups in total. The van der Waals surface area contributed by atoms with Crippen molar-refractivity contribution in [2.45, 2.75) is 31.2 Å². The summed E-state index contributed by atoms with van der Waals surface area (Å²) in [4.78, 5) is 12.3. The molecule has 6 nitrogen and oxygen atoms in total. The van der Waals surface area contributed by atoms with E-state index >= 15 is 0 Å². The molecular weight excluding hydrogens is 364 g/mol. The van der Waals surface area contributed by atoms with Gasteiger partial charge in [0.25, 0.3) is 5.91 Å². The highest BCUT2D eigenvalue weighted by Gasteiger charge is 2.26. The number of unbranched alkanes of at least 4 members (excludes halogenated alkanes) is 1. The zero-order chi connectivity index (χ0) is 19.9. The molecule has 0 radical (unpaired) electrons. The van der Waals surface area contributed by atoms with E-state index in [9.17, 15) is 13.2 Å². The van der Waals surface area contributed by atoms with E-state index in [1.165, 1.54) is 30.6 Å². The lowest BCUT2D eigenvalue weighted by molar-refractivity contribution is 0.0953. The molecule has 0 saturated carbocycles. The zero-order valence-electron chi connectivity index (χ0n) is 15.9. The number of ether oxygens (including phenoxy) is 1. The Kier molecular flexibility index (Phi) is 7.38. The number of carbonyl (C=O) groups is 1. The fraction of sp³-hybridized carbons (Fsp3) is 0.350. The van der Waals surface area contributed by atoms with Crippen LogP contribution < -0.4 is 10.1 Å². The van der Waals surface area contributed by atoms with Crippen molar-refractivity contribution in [2.75, 3.05) is 20.7 Å². The maximum atomic E-state index is 13.1. The van der Waals surface area contributed by atoms with Gasteiger partial charge in [0.15, 0.2) is 0 Å². The fourth-order valence-electron chi connectivity index (χ4n) is 2.59. The monoisotopic (exact) mass is 390 g/mol. The minimum absolute atomic E-state index is 0.0217. The number of rotatable bonds is 9. The van der Waals surface area contributed by atoms with E-state index in [0.717, 1.165) is 18.4 Å². The Morgan fingerprint density at radius 1 is 1.15 bits per heavy atom. The molecule has 7 heteroatoms. The quantitative estimate of drug-likeness (QED) is 0.668. The molecule has 2 aromatic carbocycles. The van der Waals surface area contributed by atoms with Crippen LogP contribution in [0.5, 0.6) is 5.75 Å². The molecule has 2 rings (SSSR count). The van der Waals surface area contributed by atoms with Crippen molar-refractivity contribution < 1.29 is 17.9 Å². The molecule has 0 bridgehead atoms. The fourth-order valence-corrected chi connectivity index (χ4v) is 3.93. The second-order valence-corrected chi connectivity index (χ2v) is 8.24. The Balaban J connectivity index is 2.30. The van der Waals surface area contributed by atoms with Crippen molar-refractivity contribution in [3.8, 4) is 5.75 Å². The molecule has 0 heterocycles. The summed E-state index contributed by atoms with van der Waals surface area (Å²) in [7, 11) is -0.914. The lowest BCUT2D eigenvalue weighted by atomic mass is 10.2. The van der Waals surface area contributed by atoms with Crippen molar-refractivity contribution in [1.29, 1.82) is 0 Å². The van der Waals surface area contributed by atoms with Gasteiger partial charge in [0.2, 0.25) is 10.0 Å². The van der Waals surface area contributed by atoms with Gasteiger partial charge in [-0.3, -0.25) is 4.79 Å². The minimum Gasteiger partial charge on any atom is -0.495 e. The van der Waals surface area contributed by atoms with E-state index in [1.54, 1.807) is 6.07 Å². The number of sulfonamides is 1. The molecule has 0 atom stereocenters. The minimum atomic E-state index is -3.83. The molecule has 0 aromatic heterocycles. The van der Waals surface area contributed by atoms with Crippen LogP contribution >= 0.6 is 0 Å². The van der Waals surface area contributed by atoms with Gasteiger partial charge in [0, 0.05) is 25.7 Å². The number of nitrogens with zero attached hydrogens (tertiary/aromatic N) is 1. The molecule has 1 amide bonds. The maximum Gasteiger partial charge on any atom is 0.251 e. The molecule has 0 unspecified atom stereocenters. The molecule has 146 valence electrons. The van der Waals surface area contributed by atoms with Gasteiger partial charge in [-0.25, -0.2) is 8.42 Å². The van der Waals surface area contributed by atoms with Crippen LogP contribution in [-0.2, 0) is 16.6 Å². The topological polar surface area (TPSA) is 75.7 Å². The van der Waals surface area contributed by atoms with Crippen LogP contribution in [0.15, 0.2) is 53.4 Å². The average Bonchev–Trinajstić information content (AvgIpc) is 2.68. The second-order valence-electron chi connectivity index (χ2n) is 6.22. The predicted octanol–water partition coefficient (Wildman–Crippen LogP) is 3.05. The van der Waals surface area contributed by atoms with Crippen molar-refractivity contribution in [2.24, 2.45) is 0 Å². The van der Waals surface area contributed by atoms with Gasteiger partial charge in [0.1, 0.15) is 10.6 Å². The van der Waals surface area contributed by atoms with Crippen molar-refractivity contribution in [1.82, 2.24) is 9.62 Å². The van der Waals surface area contributed by atoms with Gasteiger partial charge >= 0.3 is 0 Å². The van der Waals surface area contributed by atoms with E-state index in [1.807, 2.05) is 37.3 Å². The van der Waals surface area contributed by atoms with E-state index < -0.39 is 10.0 Å². The average molecular weight is 391 g/mol. The number of hydrogen-bond donors (Lipinski definition) is 1. The van der Waals surface area contributed by atoms with Crippen LogP contribution in [-0.4, -0.2) is 39.3 Å². The highest BCUT2D eigenvalue weighted by Crippen LogP contribution is 2.28. The summed E-state index contributed by atoms with van der Waals surface area (Å²) in [5, 5.41) is 2.80. The third kappa shape index (κ3) is 5.30. The van der Waals surface area contributed by atoms with Gasteiger partial charge in [-0.1, -0.05) is 43.7 Å². The summed E-state index contributed by atoms with van der Waals surface area (Å²) in [5.74, 6) is -0.0896. The zero-order valence-corrected chi connectivity index (χ0v) is 16.8. The first-order chi connectivity index (χ1) is 12.9. The Morgan fingerprint density at radius 2 is 1.85 bits per heavy atom. The highest BCUT2D eigenvalue weighted by molar-refractivity contribution is 7.89. The molecule has 0 fully saturated rings. The lowest BCUT2D eigenvalue weighted by Gasteiger charge is -2.19. The number of carbonyl (C=O) groups excluding carboxylic acids is 1. The molecule has 0 spiro atoms. The van der Waals surface area contributed by atoms with Gasteiger partial charge < -0.3 is 10.1 Å². The SMILES string of the molecule is CCCCNC(=O)c1ccc(OC)c(S(=O)(=O)N(C)Cc2ccccc2)c1. The Labute approximate surface area is 161 Å². The maximum absolute atomic E-state index is 13.1. The Hall–Kier alpha value is -2.38. The number of nitrogens with one attached hydrogen (secondary N) is 1. The van der Waals surface area contributed by atoms with Crippen LogP contribution in [0.2, 0.25) is 0 Å². The standard InChI is InChI=1S/C20H26N2O4S/c1-4-5-13-21-20(23)17-11-12-18(26-3)19(14-17)27(24,25)22(2)15-16-9-7-6-8-10-16/h6-12,14H,4-5,13,15H2,1-3H3,(H,21,23). The van der Waals surface area contributed by atoms with Gasteiger partial charge in [-0.15, -0.1) is 0 Å². The Bertz CT molecular complexity index is 867. The second kappa shape index (κ2) is 9.53. The third-order valence-corrected chi connectivity index (χ3v) is 6.00. The highest BCUT2D eigenvalue weighted by atomic mass is 32.2. The van der Waals surface area contributed by atoms with Crippen molar-refractivity contribution in [3.63, 3.8) is 0 Å². The first kappa shape index (κ1) is 20.9. The molecule has 0 saturated heterocycles. The van der Waals surface area contributed by atoms with E-state index in [-0.39, 0.29) is 23.1 Å². The first-order valence-electron chi connectivity index (χ1n) is 8.86. The van der Waals surface area contributed by atoms with E-state index in [0.29, 0.717) is 12.1 Å². The van der Waals surface area contributed by atoms with Crippen molar-refractivity contribution in [3.05, 3.63) is 59.7 Å². The van der Waals surface area contributed by atoms with Crippen LogP contribution in [0, 0.1) is 0 Å². The molecule has 0 aliphatic heterocycles. The number of hydrogen-bond acceptors (Lipinski definition) is 4.